The predicted octanol–water partition coefficient (Wildman–Crippen LogP) is 3.56. The summed E-state index contributed by atoms with van der Waals surface area (Å²) in [7, 11) is 0. The minimum Gasteiger partial charge on any atom is -0.480 e. The van der Waals surface area contributed by atoms with Gasteiger partial charge in [0, 0.05) is 0 Å². The molecule has 0 aliphatic carbocycles. The average Bonchev–Trinajstić information content (AvgIpc) is 2.37. The highest BCUT2D eigenvalue weighted by Gasteiger charge is 2.46. The first-order valence-corrected chi connectivity index (χ1v) is 7.06. The first kappa shape index (κ1) is 17.7. The van der Waals surface area contributed by atoms with Crippen LogP contribution in [-0.4, -0.2) is 23.7 Å². The third kappa shape index (κ3) is 5.45. The summed E-state index contributed by atoms with van der Waals surface area (Å²) >= 11 is 0. The molecule has 1 N–H and O–H groups in total. The highest BCUT2D eigenvalue weighted by Crippen LogP contribution is 2.33. The number of allylic oxidation sites excluding steroid dienone is 1. The summed E-state index contributed by atoms with van der Waals surface area (Å²) in [4.78, 5) is 23.5. The fraction of sp³-hybridized carbons (Fsp3) is 0.733. The lowest BCUT2D eigenvalue weighted by Crippen LogP contribution is -2.40. The molecule has 0 aromatic carbocycles. The van der Waals surface area contributed by atoms with Crippen molar-refractivity contribution in [3.63, 3.8) is 0 Å². The Hall–Kier alpha value is -1.32. The Bertz CT molecular complexity index is 299. The lowest BCUT2D eigenvalue weighted by Gasteiger charge is -2.26. The topological polar surface area (TPSA) is 63.6 Å². The molecule has 4 heteroatoms. The van der Waals surface area contributed by atoms with Crippen LogP contribution in [0.3, 0.4) is 0 Å². The van der Waals surface area contributed by atoms with Gasteiger partial charge in [-0.1, -0.05) is 32.3 Å². The van der Waals surface area contributed by atoms with Crippen molar-refractivity contribution >= 4 is 11.9 Å². The summed E-state index contributed by atoms with van der Waals surface area (Å²) < 4.78 is 4.96. The number of esters is 1. The standard InChI is InChI=1S/C15H26O4/c1-4-7-8-9-10-12-15(11-5-2,13(16)17)14(18)19-6-3/h4H,1,5-12H2,2-3H3,(H,16,17). The molecule has 0 aliphatic heterocycles. The number of ether oxygens (including phenoxy) is 1. The van der Waals surface area contributed by atoms with Gasteiger partial charge in [-0.25, -0.2) is 0 Å². The van der Waals surface area contributed by atoms with E-state index in [1.54, 1.807) is 6.92 Å². The van der Waals surface area contributed by atoms with Gasteiger partial charge in [-0.3, -0.25) is 9.59 Å². The molecule has 0 saturated carbocycles. The number of aliphatic carboxylic acids is 1. The van der Waals surface area contributed by atoms with Gasteiger partial charge in [-0.2, -0.15) is 0 Å². The summed E-state index contributed by atoms with van der Waals surface area (Å²) in [5.74, 6) is -1.65. The van der Waals surface area contributed by atoms with E-state index in [9.17, 15) is 14.7 Å². The zero-order chi connectivity index (χ0) is 14.7. The summed E-state index contributed by atoms with van der Waals surface area (Å²) in [6.45, 7) is 7.44. The zero-order valence-corrected chi connectivity index (χ0v) is 12.1. The molecule has 0 amide bonds. The van der Waals surface area contributed by atoms with Crippen LogP contribution in [0.15, 0.2) is 12.7 Å². The van der Waals surface area contributed by atoms with E-state index in [-0.39, 0.29) is 6.61 Å². The lowest BCUT2D eigenvalue weighted by molar-refractivity contribution is -0.170. The number of carbonyl (C=O) groups is 2. The van der Waals surface area contributed by atoms with E-state index in [0.717, 1.165) is 25.7 Å². The molecule has 1 atom stereocenters. The number of hydrogen-bond donors (Lipinski definition) is 1. The van der Waals surface area contributed by atoms with E-state index in [1.807, 2.05) is 13.0 Å². The van der Waals surface area contributed by atoms with Crippen LogP contribution in [0.4, 0.5) is 0 Å². The number of carboxylic acid groups (broad SMARTS) is 1. The van der Waals surface area contributed by atoms with Crippen LogP contribution in [0.5, 0.6) is 0 Å². The number of carboxylic acids is 1. The minimum absolute atomic E-state index is 0.216. The molecular weight excluding hydrogens is 244 g/mol. The van der Waals surface area contributed by atoms with E-state index in [4.69, 9.17) is 4.74 Å². The Balaban J connectivity index is 4.67. The molecule has 0 aromatic heterocycles. The summed E-state index contributed by atoms with van der Waals surface area (Å²) in [6.07, 6.45) is 6.72. The van der Waals surface area contributed by atoms with Crippen molar-refractivity contribution in [1.82, 2.24) is 0 Å². The van der Waals surface area contributed by atoms with Crippen LogP contribution >= 0.6 is 0 Å². The molecule has 0 radical (unpaired) electrons. The first-order chi connectivity index (χ1) is 9.05. The van der Waals surface area contributed by atoms with Crippen LogP contribution in [0, 0.1) is 5.41 Å². The molecular formula is C15H26O4. The fourth-order valence-corrected chi connectivity index (χ4v) is 2.22. The van der Waals surface area contributed by atoms with E-state index in [1.165, 1.54) is 0 Å². The van der Waals surface area contributed by atoms with Gasteiger partial charge in [0.25, 0.3) is 0 Å². The Kier molecular flexibility index (Phi) is 8.92. The number of hydrogen-bond acceptors (Lipinski definition) is 3. The lowest BCUT2D eigenvalue weighted by atomic mass is 9.78. The van der Waals surface area contributed by atoms with Gasteiger partial charge < -0.3 is 9.84 Å². The number of carbonyl (C=O) groups excluding carboxylic acids is 1. The van der Waals surface area contributed by atoms with E-state index >= 15 is 0 Å². The molecule has 0 bridgehead atoms. The van der Waals surface area contributed by atoms with Gasteiger partial charge in [0.1, 0.15) is 0 Å². The molecule has 0 spiro atoms. The van der Waals surface area contributed by atoms with Gasteiger partial charge in [0.15, 0.2) is 5.41 Å². The van der Waals surface area contributed by atoms with Crippen molar-refractivity contribution in [3.05, 3.63) is 12.7 Å². The minimum atomic E-state index is -1.36. The largest absolute Gasteiger partial charge is 0.480 e. The molecule has 4 nitrogen and oxygen atoms in total. The van der Waals surface area contributed by atoms with Gasteiger partial charge in [0.2, 0.25) is 0 Å². The van der Waals surface area contributed by atoms with Gasteiger partial charge in [-0.15, -0.1) is 6.58 Å². The molecule has 0 saturated heterocycles. The molecule has 110 valence electrons. The molecule has 0 aromatic rings. The van der Waals surface area contributed by atoms with Crippen molar-refractivity contribution in [1.29, 1.82) is 0 Å². The third-order valence-corrected chi connectivity index (χ3v) is 3.26. The smallest absolute Gasteiger partial charge is 0.323 e. The third-order valence-electron chi connectivity index (χ3n) is 3.26. The molecule has 0 aliphatic rings. The summed E-state index contributed by atoms with van der Waals surface area (Å²) in [6, 6.07) is 0. The maximum atomic E-state index is 12.0. The average molecular weight is 270 g/mol. The number of unbranched alkanes of at least 4 members (excludes halogenated alkanes) is 3. The Morgan fingerprint density at radius 3 is 2.37 bits per heavy atom. The molecule has 0 heterocycles. The molecule has 0 fully saturated rings. The predicted molar refractivity (Wildman–Crippen MR) is 74.9 cm³/mol. The van der Waals surface area contributed by atoms with E-state index in [2.05, 4.69) is 6.58 Å². The van der Waals surface area contributed by atoms with Crippen molar-refractivity contribution in [2.24, 2.45) is 5.41 Å². The number of rotatable bonds is 11. The highest BCUT2D eigenvalue weighted by atomic mass is 16.5. The van der Waals surface area contributed by atoms with Crippen LogP contribution in [0.2, 0.25) is 0 Å². The van der Waals surface area contributed by atoms with Crippen molar-refractivity contribution in [2.45, 2.75) is 58.8 Å². The Labute approximate surface area is 115 Å². The fourth-order valence-electron chi connectivity index (χ4n) is 2.22. The second kappa shape index (κ2) is 9.59. The second-order valence-electron chi connectivity index (χ2n) is 4.75. The van der Waals surface area contributed by atoms with E-state index < -0.39 is 17.4 Å². The molecule has 1 unspecified atom stereocenters. The zero-order valence-electron chi connectivity index (χ0n) is 12.1. The van der Waals surface area contributed by atoms with Crippen molar-refractivity contribution < 1.29 is 19.4 Å². The van der Waals surface area contributed by atoms with Crippen LogP contribution in [0.1, 0.15) is 58.8 Å². The van der Waals surface area contributed by atoms with E-state index in [0.29, 0.717) is 19.3 Å². The summed E-state index contributed by atoms with van der Waals surface area (Å²) in [5.41, 5.74) is -1.36. The quantitative estimate of drug-likeness (QED) is 0.270. The maximum Gasteiger partial charge on any atom is 0.323 e. The highest BCUT2D eigenvalue weighted by molar-refractivity contribution is 5.99. The van der Waals surface area contributed by atoms with Crippen molar-refractivity contribution in [3.8, 4) is 0 Å². The Morgan fingerprint density at radius 1 is 1.21 bits per heavy atom. The SMILES string of the molecule is C=CCCCCCC(CCC)(C(=O)O)C(=O)OCC. The summed E-state index contributed by atoms with van der Waals surface area (Å²) in [5, 5.41) is 9.44. The molecule has 19 heavy (non-hydrogen) atoms. The van der Waals surface area contributed by atoms with Crippen LogP contribution in [-0.2, 0) is 14.3 Å². The Morgan fingerprint density at radius 2 is 1.89 bits per heavy atom. The van der Waals surface area contributed by atoms with Crippen LogP contribution in [0.25, 0.3) is 0 Å². The van der Waals surface area contributed by atoms with Gasteiger partial charge in [-0.05, 0) is 32.6 Å². The molecule has 0 rings (SSSR count). The first-order valence-electron chi connectivity index (χ1n) is 7.06. The van der Waals surface area contributed by atoms with Gasteiger partial charge in [0.05, 0.1) is 6.61 Å². The maximum absolute atomic E-state index is 12.0. The second-order valence-corrected chi connectivity index (χ2v) is 4.75. The van der Waals surface area contributed by atoms with Gasteiger partial charge >= 0.3 is 11.9 Å². The normalized spacial score (nSPS) is 13.6. The van der Waals surface area contributed by atoms with Crippen LogP contribution < -0.4 is 0 Å². The monoisotopic (exact) mass is 270 g/mol. The van der Waals surface area contributed by atoms with Crippen molar-refractivity contribution in [2.75, 3.05) is 6.61 Å².